The van der Waals surface area contributed by atoms with Crippen LogP contribution in [0.2, 0.25) is 0 Å². The largest absolute Gasteiger partial charge is 0.481 e. The van der Waals surface area contributed by atoms with Crippen LogP contribution in [0.25, 0.3) is 0 Å². The Hall–Kier alpha value is -1.31. The van der Waals surface area contributed by atoms with E-state index in [9.17, 15) is 4.79 Å². The maximum absolute atomic E-state index is 10.3. The van der Waals surface area contributed by atoms with Crippen molar-refractivity contribution < 1.29 is 9.90 Å². The fraction of sp³-hybridized carbons (Fsp3) is 0.611. The van der Waals surface area contributed by atoms with Crippen LogP contribution in [0.15, 0.2) is 36.5 Å². The molecule has 114 valence electrons. The Labute approximate surface area is 124 Å². The summed E-state index contributed by atoms with van der Waals surface area (Å²) in [6.45, 7) is 2.21. The highest BCUT2D eigenvalue weighted by molar-refractivity contribution is 5.66. The second-order valence-electron chi connectivity index (χ2n) is 5.08. The standard InChI is InChI=1S/C18H30O2/c1-2-3-4-5-6-7-8-9-10-11-12-13-14-15-16-17-18(19)20/h5-10H,2-4,11-17H2,1H3,(H,19,20)/b6-5+,8-7+,10-9+. The summed E-state index contributed by atoms with van der Waals surface area (Å²) in [5.74, 6) is -0.677. The summed E-state index contributed by atoms with van der Waals surface area (Å²) in [6.07, 6.45) is 23.3. The Morgan fingerprint density at radius 3 is 1.95 bits per heavy atom. The fourth-order valence-corrected chi connectivity index (χ4v) is 1.87. The van der Waals surface area contributed by atoms with Crippen LogP contribution in [-0.2, 0) is 4.79 Å². The van der Waals surface area contributed by atoms with Crippen LogP contribution in [0.5, 0.6) is 0 Å². The van der Waals surface area contributed by atoms with Gasteiger partial charge in [0, 0.05) is 6.42 Å². The Balaban J connectivity index is 3.29. The summed E-state index contributed by atoms with van der Waals surface area (Å²) in [5, 5.41) is 8.50. The highest BCUT2D eigenvalue weighted by atomic mass is 16.4. The van der Waals surface area contributed by atoms with E-state index in [2.05, 4.69) is 43.4 Å². The molecule has 0 radical (unpaired) electrons. The molecule has 1 N–H and O–H groups in total. The molecule has 0 atom stereocenters. The van der Waals surface area contributed by atoms with Crippen LogP contribution in [-0.4, -0.2) is 11.1 Å². The average Bonchev–Trinajstić information content (AvgIpc) is 2.43. The van der Waals surface area contributed by atoms with Crippen molar-refractivity contribution in [1.29, 1.82) is 0 Å². The molecule has 0 spiro atoms. The maximum atomic E-state index is 10.3. The minimum Gasteiger partial charge on any atom is -0.481 e. The van der Waals surface area contributed by atoms with Gasteiger partial charge in [0.05, 0.1) is 0 Å². The van der Waals surface area contributed by atoms with Gasteiger partial charge in [-0.25, -0.2) is 0 Å². The zero-order valence-corrected chi connectivity index (χ0v) is 12.9. The zero-order valence-electron chi connectivity index (χ0n) is 12.9. The number of aliphatic carboxylic acids is 1. The topological polar surface area (TPSA) is 37.3 Å². The SMILES string of the molecule is CCCC/C=C/C=C/C=C/CCCCCCCC(=O)O. The first-order valence-electron chi connectivity index (χ1n) is 7.97. The second-order valence-corrected chi connectivity index (χ2v) is 5.08. The molecule has 0 heterocycles. The van der Waals surface area contributed by atoms with Gasteiger partial charge in [-0.15, -0.1) is 0 Å². The van der Waals surface area contributed by atoms with Gasteiger partial charge in [-0.05, 0) is 25.7 Å². The summed E-state index contributed by atoms with van der Waals surface area (Å²) in [6, 6.07) is 0. The molecular formula is C18H30O2. The Morgan fingerprint density at radius 2 is 1.35 bits per heavy atom. The lowest BCUT2D eigenvalue weighted by Gasteiger charge is -1.97. The summed E-state index contributed by atoms with van der Waals surface area (Å²) in [7, 11) is 0. The summed E-state index contributed by atoms with van der Waals surface area (Å²) in [5.41, 5.74) is 0. The number of carboxylic acid groups (broad SMARTS) is 1. The van der Waals surface area contributed by atoms with Crippen molar-refractivity contribution in [2.75, 3.05) is 0 Å². The third kappa shape index (κ3) is 16.7. The maximum Gasteiger partial charge on any atom is 0.303 e. The minimum absolute atomic E-state index is 0.316. The molecule has 2 heteroatoms. The molecule has 0 aliphatic heterocycles. The molecule has 0 saturated heterocycles. The minimum atomic E-state index is -0.677. The predicted molar refractivity (Wildman–Crippen MR) is 86.9 cm³/mol. The quantitative estimate of drug-likeness (QED) is 0.348. The van der Waals surface area contributed by atoms with Crippen molar-refractivity contribution in [3.8, 4) is 0 Å². The lowest BCUT2D eigenvalue weighted by atomic mass is 10.1. The van der Waals surface area contributed by atoms with Crippen molar-refractivity contribution in [3.05, 3.63) is 36.5 Å². The van der Waals surface area contributed by atoms with Crippen LogP contribution >= 0.6 is 0 Å². The molecule has 0 bridgehead atoms. The zero-order chi connectivity index (χ0) is 14.9. The van der Waals surface area contributed by atoms with Gasteiger partial charge in [0.1, 0.15) is 0 Å². The smallest absolute Gasteiger partial charge is 0.303 e. The highest BCUT2D eigenvalue weighted by Gasteiger charge is 1.95. The molecule has 0 fully saturated rings. The second kappa shape index (κ2) is 15.7. The summed E-state index contributed by atoms with van der Waals surface area (Å²) < 4.78 is 0. The number of allylic oxidation sites excluding steroid dienone is 6. The van der Waals surface area contributed by atoms with E-state index in [4.69, 9.17) is 5.11 Å². The number of hydrogen-bond acceptors (Lipinski definition) is 1. The van der Waals surface area contributed by atoms with Crippen LogP contribution < -0.4 is 0 Å². The summed E-state index contributed by atoms with van der Waals surface area (Å²) in [4.78, 5) is 10.3. The molecule has 2 nitrogen and oxygen atoms in total. The van der Waals surface area contributed by atoms with E-state index in [0.29, 0.717) is 6.42 Å². The van der Waals surface area contributed by atoms with Crippen LogP contribution in [0.4, 0.5) is 0 Å². The fourth-order valence-electron chi connectivity index (χ4n) is 1.87. The van der Waals surface area contributed by atoms with Gasteiger partial charge in [0.15, 0.2) is 0 Å². The van der Waals surface area contributed by atoms with E-state index >= 15 is 0 Å². The molecule has 0 rings (SSSR count). The van der Waals surface area contributed by atoms with E-state index in [1.807, 2.05) is 0 Å². The molecule has 0 aliphatic carbocycles. The Morgan fingerprint density at radius 1 is 0.800 bits per heavy atom. The lowest BCUT2D eigenvalue weighted by Crippen LogP contribution is -1.93. The van der Waals surface area contributed by atoms with E-state index in [0.717, 1.165) is 25.7 Å². The van der Waals surface area contributed by atoms with E-state index < -0.39 is 5.97 Å². The normalized spacial score (nSPS) is 12.1. The van der Waals surface area contributed by atoms with Gasteiger partial charge in [0.2, 0.25) is 0 Å². The van der Waals surface area contributed by atoms with Gasteiger partial charge in [-0.2, -0.15) is 0 Å². The Bertz CT molecular complexity index is 301. The number of rotatable bonds is 13. The van der Waals surface area contributed by atoms with Crippen molar-refractivity contribution in [1.82, 2.24) is 0 Å². The third-order valence-corrected chi connectivity index (χ3v) is 3.09. The first-order valence-corrected chi connectivity index (χ1v) is 7.97. The number of carboxylic acids is 1. The van der Waals surface area contributed by atoms with Crippen molar-refractivity contribution in [2.24, 2.45) is 0 Å². The van der Waals surface area contributed by atoms with Gasteiger partial charge in [-0.1, -0.05) is 75.5 Å². The van der Waals surface area contributed by atoms with Crippen molar-refractivity contribution in [2.45, 2.75) is 71.1 Å². The molecule has 0 aromatic rings. The van der Waals surface area contributed by atoms with Gasteiger partial charge in [-0.3, -0.25) is 4.79 Å². The molecular weight excluding hydrogens is 248 g/mol. The van der Waals surface area contributed by atoms with Crippen molar-refractivity contribution in [3.63, 3.8) is 0 Å². The molecule has 0 aliphatic rings. The van der Waals surface area contributed by atoms with Crippen LogP contribution in [0.3, 0.4) is 0 Å². The predicted octanol–water partition coefficient (Wildman–Crippen LogP) is 5.66. The van der Waals surface area contributed by atoms with Crippen LogP contribution in [0, 0.1) is 0 Å². The molecule has 0 aromatic carbocycles. The van der Waals surface area contributed by atoms with Crippen molar-refractivity contribution >= 4 is 5.97 Å². The Kier molecular flexibility index (Phi) is 14.7. The highest BCUT2D eigenvalue weighted by Crippen LogP contribution is 2.07. The monoisotopic (exact) mass is 278 g/mol. The molecule has 0 saturated carbocycles. The van der Waals surface area contributed by atoms with E-state index in [1.165, 1.54) is 32.1 Å². The average molecular weight is 278 g/mol. The van der Waals surface area contributed by atoms with E-state index in [-0.39, 0.29) is 0 Å². The first-order chi connectivity index (χ1) is 9.77. The first kappa shape index (κ1) is 18.7. The van der Waals surface area contributed by atoms with Gasteiger partial charge < -0.3 is 5.11 Å². The molecule has 0 unspecified atom stereocenters. The van der Waals surface area contributed by atoms with Crippen LogP contribution in [0.1, 0.15) is 71.1 Å². The lowest BCUT2D eigenvalue weighted by molar-refractivity contribution is -0.137. The number of hydrogen-bond donors (Lipinski definition) is 1. The van der Waals surface area contributed by atoms with Gasteiger partial charge in [0.25, 0.3) is 0 Å². The summed E-state index contributed by atoms with van der Waals surface area (Å²) >= 11 is 0. The number of carbonyl (C=O) groups is 1. The number of unbranched alkanes of at least 4 members (excludes halogenated alkanes) is 7. The molecule has 20 heavy (non-hydrogen) atoms. The molecule has 0 aromatic heterocycles. The van der Waals surface area contributed by atoms with E-state index in [1.54, 1.807) is 0 Å². The van der Waals surface area contributed by atoms with Gasteiger partial charge >= 0.3 is 5.97 Å². The molecule has 0 amide bonds. The third-order valence-electron chi connectivity index (χ3n) is 3.09.